The summed E-state index contributed by atoms with van der Waals surface area (Å²) in [6, 6.07) is 16.6. The number of nitrogens with one attached hydrogen (secondary N) is 3. The van der Waals surface area contributed by atoms with Crippen molar-refractivity contribution in [1.29, 1.82) is 0 Å². The maximum Gasteiger partial charge on any atom is 0.253 e. The summed E-state index contributed by atoms with van der Waals surface area (Å²) in [4.78, 5) is 14.8. The second-order valence-corrected chi connectivity index (χ2v) is 11.1. The fourth-order valence-electron chi connectivity index (χ4n) is 6.47. The Morgan fingerprint density at radius 1 is 0.895 bits per heavy atom. The zero-order valence-electron chi connectivity index (χ0n) is 22.8. The topological polar surface area (TPSA) is 74.9 Å². The van der Waals surface area contributed by atoms with Crippen LogP contribution in [0, 0.1) is 5.92 Å². The molecule has 1 amide bonds. The van der Waals surface area contributed by atoms with Crippen molar-refractivity contribution in [3.05, 3.63) is 59.7 Å². The first-order valence-electron chi connectivity index (χ1n) is 14.5. The molecule has 7 heteroatoms. The minimum absolute atomic E-state index is 0.0285. The molecule has 0 aromatic heterocycles. The van der Waals surface area contributed by atoms with Crippen LogP contribution in [0.4, 0.5) is 5.69 Å². The third-order valence-electron chi connectivity index (χ3n) is 8.75. The number of methoxy groups -OCH3 is 1. The van der Waals surface area contributed by atoms with Gasteiger partial charge in [-0.15, -0.1) is 0 Å². The molecule has 2 heterocycles. The van der Waals surface area contributed by atoms with Crippen molar-refractivity contribution in [1.82, 2.24) is 15.5 Å². The third-order valence-corrected chi connectivity index (χ3v) is 8.75. The molecule has 38 heavy (non-hydrogen) atoms. The van der Waals surface area contributed by atoms with E-state index in [0.717, 1.165) is 49.7 Å². The Labute approximate surface area is 227 Å². The van der Waals surface area contributed by atoms with E-state index in [1.54, 1.807) is 7.11 Å². The molecule has 2 aromatic carbocycles. The number of amides is 1. The summed E-state index contributed by atoms with van der Waals surface area (Å²) in [5.41, 5.74) is 3.16. The van der Waals surface area contributed by atoms with Gasteiger partial charge in [-0.25, -0.2) is 0 Å². The van der Waals surface area contributed by atoms with Crippen LogP contribution in [0.25, 0.3) is 0 Å². The molecule has 0 radical (unpaired) electrons. The molecular formula is C31H44N4O3. The van der Waals surface area contributed by atoms with Crippen LogP contribution >= 0.6 is 0 Å². The molecule has 0 atom stereocenters. The number of benzene rings is 2. The lowest BCUT2D eigenvalue weighted by Crippen LogP contribution is -2.65. The first-order valence-corrected chi connectivity index (χ1v) is 14.5. The molecule has 1 aliphatic carbocycles. The number of hydrogen-bond donors (Lipinski definition) is 3. The highest BCUT2D eigenvalue weighted by Gasteiger charge is 2.43. The van der Waals surface area contributed by atoms with Crippen molar-refractivity contribution in [3.63, 3.8) is 0 Å². The Hall–Kier alpha value is -2.61. The molecule has 2 aliphatic heterocycles. The number of rotatable bonds is 6. The van der Waals surface area contributed by atoms with Crippen molar-refractivity contribution in [2.75, 3.05) is 51.8 Å². The van der Waals surface area contributed by atoms with Gasteiger partial charge in [-0.05, 0) is 67.1 Å². The summed E-state index contributed by atoms with van der Waals surface area (Å²) in [7, 11) is 1.73. The molecule has 3 aliphatic rings. The normalized spacial score (nSPS) is 25.6. The van der Waals surface area contributed by atoms with Crippen LogP contribution in [0.3, 0.4) is 0 Å². The number of carbonyl (C=O) groups excluding carboxylic acids is 1. The van der Waals surface area contributed by atoms with Gasteiger partial charge in [0.1, 0.15) is 12.0 Å². The molecule has 3 N–H and O–H groups in total. The summed E-state index contributed by atoms with van der Waals surface area (Å²) in [6.07, 6.45) is 10.1. The van der Waals surface area contributed by atoms with E-state index in [4.69, 9.17) is 9.47 Å². The second kappa shape index (κ2) is 13.0. The summed E-state index contributed by atoms with van der Waals surface area (Å²) in [6.45, 7) is 4.60. The maximum atomic E-state index is 12.9. The highest BCUT2D eigenvalue weighted by Crippen LogP contribution is 2.41. The fraction of sp³-hybridized carbons (Fsp3) is 0.581. The van der Waals surface area contributed by atoms with Crippen LogP contribution in [-0.2, 0) is 10.2 Å². The molecule has 0 bridgehead atoms. The van der Waals surface area contributed by atoms with E-state index < -0.39 is 0 Å². The highest BCUT2D eigenvalue weighted by molar-refractivity contribution is 5.94. The van der Waals surface area contributed by atoms with Crippen LogP contribution in [-0.4, -0.2) is 63.6 Å². The average molecular weight is 521 g/mol. The monoisotopic (exact) mass is 520 g/mol. The summed E-state index contributed by atoms with van der Waals surface area (Å²) < 4.78 is 10.9. The van der Waals surface area contributed by atoms with Crippen molar-refractivity contribution >= 4 is 11.6 Å². The van der Waals surface area contributed by atoms with Crippen LogP contribution in [0.15, 0.2) is 48.5 Å². The Kier molecular flexibility index (Phi) is 9.20. The fourth-order valence-corrected chi connectivity index (χ4v) is 6.47. The van der Waals surface area contributed by atoms with Crippen LogP contribution in [0.1, 0.15) is 67.3 Å². The van der Waals surface area contributed by atoms with Gasteiger partial charge < -0.3 is 19.7 Å². The van der Waals surface area contributed by atoms with Crippen molar-refractivity contribution in [2.24, 2.45) is 5.92 Å². The molecule has 0 spiro atoms. The zero-order valence-corrected chi connectivity index (χ0v) is 22.8. The van der Waals surface area contributed by atoms with E-state index in [1.165, 1.54) is 50.5 Å². The largest absolute Gasteiger partial charge is 0.497 e. The summed E-state index contributed by atoms with van der Waals surface area (Å²) in [5.74, 6) is 1.63. The van der Waals surface area contributed by atoms with Gasteiger partial charge in [0.05, 0.1) is 13.7 Å². The lowest BCUT2D eigenvalue weighted by atomic mass is 9.65. The predicted octanol–water partition coefficient (Wildman–Crippen LogP) is 4.74. The van der Waals surface area contributed by atoms with Crippen molar-refractivity contribution in [2.45, 2.75) is 63.1 Å². The Bertz CT molecular complexity index is 1000. The first kappa shape index (κ1) is 27.0. The van der Waals surface area contributed by atoms with Gasteiger partial charge in [0.2, 0.25) is 0 Å². The van der Waals surface area contributed by atoms with Crippen molar-refractivity contribution in [3.8, 4) is 5.75 Å². The predicted molar refractivity (Wildman–Crippen MR) is 152 cm³/mol. The Balaban J connectivity index is 1.24. The SMILES string of the molecule is COc1ccc(C2(C3CCCCCCC3)CNC(Nc3ccc(C(=O)N4CCCOCC4)cc3)NC2)cc1. The van der Waals surface area contributed by atoms with E-state index >= 15 is 0 Å². The van der Waals surface area contributed by atoms with Crippen LogP contribution in [0.2, 0.25) is 0 Å². The number of anilines is 1. The summed E-state index contributed by atoms with van der Waals surface area (Å²) in [5, 5.41) is 11.1. The summed E-state index contributed by atoms with van der Waals surface area (Å²) >= 11 is 0. The Morgan fingerprint density at radius 2 is 1.58 bits per heavy atom. The molecule has 2 saturated heterocycles. The van der Waals surface area contributed by atoms with E-state index in [9.17, 15) is 4.79 Å². The van der Waals surface area contributed by atoms with E-state index in [0.29, 0.717) is 19.1 Å². The molecule has 7 nitrogen and oxygen atoms in total. The van der Waals surface area contributed by atoms with Gasteiger partial charge in [0.25, 0.3) is 5.91 Å². The second-order valence-electron chi connectivity index (χ2n) is 11.1. The van der Waals surface area contributed by atoms with Gasteiger partial charge in [0.15, 0.2) is 0 Å². The maximum absolute atomic E-state index is 12.9. The van der Waals surface area contributed by atoms with Crippen molar-refractivity contribution < 1.29 is 14.3 Å². The first-order chi connectivity index (χ1) is 18.7. The number of nitrogens with zero attached hydrogens (tertiary/aromatic N) is 1. The van der Waals surface area contributed by atoms with E-state index in [1.807, 2.05) is 29.2 Å². The van der Waals surface area contributed by atoms with Gasteiger partial charge in [-0.3, -0.25) is 15.4 Å². The number of carbonyl (C=O) groups is 1. The zero-order chi connectivity index (χ0) is 26.2. The van der Waals surface area contributed by atoms with Gasteiger partial charge in [0, 0.05) is 49.5 Å². The minimum Gasteiger partial charge on any atom is -0.497 e. The van der Waals surface area contributed by atoms with Gasteiger partial charge >= 0.3 is 0 Å². The van der Waals surface area contributed by atoms with Crippen LogP contribution in [0.5, 0.6) is 5.75 Å². The molecular weight excluding hydrogens is 476 g/mol. The molecule has 3 fully saturated rings. The highest BCUT2D eigenvalue weighted by atomic mass is 16.5. The number of hydrogen-bond acceptors (Lipinski definition) is 6. The lowest BCUT2D eigenvalue weighted by Gasteiger charge is -2.48. The minimum atomic E-state index is -0.0285. The van der Waals surface area contributed by atoms with E-state index in [2.05, 4.69) is 40.2 Å². The average Bonchev–Trinajstić information content (AvgIpc) is 3.24. The number of ether oxygens (including phenoxy) is 2. The molecule has 206 valence electrons. The van der Waals surface area contributed by atoms with Gasteiger partial charge in [-0.1, -0.05) is 44.2 Å². The lowest BCUT2D eigenvalue weighted by molar-refractivity contribution is 0.0741. The van der Waals surface area contributed by atoms with E-state index in [-0.39, 0.29) is 17.6 Å². The molecule has 1 saturated carbocycles. The third kappa shape index (κ3) is 6.33. The molecule has 2 aromatic rings. The Morgan fingerprint density at radius 3 is 2.26 bits per heavy atom. The van der Waals surface area contributed by atoms with Gasteiger partial charge in [-0.2, -0.15) is 0 Å². The quantitative estimate of drug-likeness (QED) is 0.511. The molecule has 0 unspecified atom stereocenters. The van der Waals surface area contributed by atoms with Crippen LogP contribution < -0.4 is 20.7 Å². The smallest absolute Gasteiger partial charge is 0.253 e. The molecule has 5 rings (SSSR count). The standard InChI is InChI=1S/C31H44N4O3/c1-37-28-16-12-26(13-17-28)31(25-8-5-3-2-4-6-9-25)22-32-30(33-23-31)34-27-14-10-24(11-15-27)29(36)35-18-7-20-38-21-19-35/h10-17,25,30,32-34H,2-9,18-23H2,1H3.